The minimum absolute atomic E-state index is 0.293. The first kappa shape index (κ1) is 19.8. The number of aryl methyl sites for hydroxylation is 3. The van der Waals surface area contributed by atoms with Gasteiger partial charge in [0.1, 0.15) is 0 Å². The van der Waals surface area contributed by atoms with Crippen LogP contribution in [-0.4, -0.2) is 29.6 Å². The zero-order valence-electron chi connectivity index (χ0n) is 16.5. The molecule has 0 radical (unpaired) electrons. The third kappa shape index (κ3) is 3.96. The molecule has 0 amide bonds. The van der Waals surface area contributed by atoms with E-state index in [0.29, 0.717) is 23.7 Å². The molecule has 29 heavy (non-hydrogen) atoms. The number of thiazole rings is 1. The Morgan fingerprint density at radius 3 is 2.45 bits per heavy atom. The summed E-state index contributed by atoms with van der Waals surface area (Å²) >= 11 is 1.50. The van der Waals surface area contributed by atoms with E-state index in [1.54, 1.807) is 4.52 Å². The van der Waals surface area contributed by atoms with Crippen molar-refractivity contribution < 1.29 is 8.42 Å². The van der Waals surface area contributed by atoms with Crippen LogP contribution in [0.3, 0.4) is 0 Å². The Balaban J connectivity index is 1.51. The first-order chi connectivity index (χ1) is 13.8. The Kier molecular flexibility index (Phi) is 5.24. The standard InChI is InChI=1S/C21H22N4O2S2/c1-14-11-15(2)19(16(3)12-14)29(26,27)22-10-9-18-13-28-21-23-20(24-25(18)21)17-7-5-4-6-8-17/h4-8,11-13,22H,9-10H2,1-3H3. The number of sulfonamides is 1. The molecule has 0 aliphatic carbocycles. The van der Waals surface area contributed by atoms with Crippen molar-refractivity contribution >= 4 is 26.3 Å². The molecule has 6 nitrogen and oxygen atoms in total. The lowest BCUT2D eigenvalue weighted by molar-refractivity contribution is 0.579. The predicted molar refractivity (Wildman–Crippen MR) is 116 cm³/mol. The van der Waals surface area contributed by atoms with E-state index in [1.165, 1.54) is 11.3 Å². The number of nitrogens with zero attached hydrogens (tertiary/aromatic N) is 3. The van der Waals surface area contributed by atoms with Gasteiger partial charge >= 0.3 is 0 Å². The van der Waals surface area contributed by atoms with Crippen LogP contribution >= 0.6 is 11.3 Å². The molecule has 2 aromatic carbocycles. The SMILES string of the molecule is Cc1cc(C)c(S(=O)(=O)NCCc2csc3nc(-c4ccccc4)nn23)c(C)c1. The van der Waals surface area contributed by atoms with E-state index in [4.69, 9.17) is 0 Å². The molecule has 0 aliphatic rings. The lowest BCUT2D eigenvalue weighted by atomic mass is 10.1. The minimum Gasteiger partial charge on any atom is -0.211 e. The smallest absolute Gasteiger partial charge is 0.211 e. The normalized spacial score (nSPS) is 12.0. The molecule has 150 valence electrons. The molecule has 4 aromatic rings. The van der Waals surface area contributed by atoms with Gasteiger partial charge < -0.3 is 0 Å². The molecule has 8 heteroatoms. The quantitative estimate of drug-likeness (QED) is 0.507. The maximum atomic E-state index is 12.8. The molecule has 0 spiro atoms. The van der Waals surface area contributed by atoms with Crippen LogP contribution in [0.1, 0.15) is 22.4 Å². The maximum Gasteiger partial charge on any atom is 0.241 e. The number of benzene rings is 2. The van der Waals surface area contributed by atoms with Crippen molar-refractivity contribution in [3.8, 4) is 11.4 Å². The second-order valence-electron chi connectivity index (χ2n) is 7.10. The summed E-state index contributed by atoms with van der Waals surface area (Å²) in [6, 6.07) is 13.6. The van der Waals surface area contributed by atoms with Crippen LogP contribution in [0.4, 0.5) is 0 Å². The van der Waals surface area contributed by atoms with Crippen LogP contribution < -0.4 is 4.72 Å². The summed E-state index contributed by atoms with van der Waals surface area (Å²) in [5, 5.41) is 6.57. The molecule has 1 N–H and O–H groups in total. The third-order valence-electron chi connectivity index (χ3n) is 4.73. The van der Waals surface area contributed by atoms with Gasteiger partial charge in [0.2, 0.25) is 15.0 Å². The van der Waals surface area contributed by atoms with Gasteiger partial charge in [0.25, 0.3) is 0 Å². The summed E-state index contributed by atoms with van der Waals surface area (Å²) in [7, 11) is -3.57. The molecule has 0 aliphatic heterocycles. The van der Waals surface area contributed by atoms with Crippen molar-refractivity contribution in [3.63, 3.8) is 0 Å². The maximum absolute atomic E-state index is 12.8. The highest BCUT2D eigenvalue weighted by Crippen LogP contribution is 2.23. The first-order valence-electron chi connectivity index (χ1n) is 9.31. The minimum atomic E-state index is -3.57. The Morgan fingerprint density at radius 1 is 1.07 bits per heavy atom. The lowest BCUT2D eigenvalue weighted by Crippen LogP contribution is -2.27. The fraction of sp³-hybridized carbons (Fsp3) is 0.238. The van der Waals surface area contributed by atoms with Crippen molar-refractivity contribution in [3.05, 3.63) is 70.2 Å². The van der Waals surface area contributed by atoms with Gasteiger partial charge in [-0.1, -0.05) is 48.0 Å². The summed E-state index contributed by atoms with van der Waals surface area (Å²) in [6.45, 7) is 5.92. The summed E-state index contributed by atoms with van der Waals surface area (Å²) < 4.78 is 30.2. The summed E-state index contributed by atoms with van der Waals surface area (Å²) in [4.78, 5) is 5.74. The van der Waals surface area contributed by atoms with Crippen molar-refractivity contribution in [1.29, 1.82) is 0 Å². The largest absolute Gasteiger partial charge is 0.241 e. The topological polar surface area (TPSA) is 76.4 Å². The van der Waals surface area contributed by atoms with Gasteiger partial charge in [0.15, 0.2) is 5.82 Å². The van der Waals surface area contributed by atoms with Crippen LogP contribution in [-0.2, 0) is 16.4 Å². The lowest BCUT2D eigenvalue weighted by Gasteiger charge is -2.13. The van der Waals surface area contributed by atoms with Crippen LogP contribution in [0.2, 0.25) is 0 Å². The van der Waals surface area contributed by atoms with Crippen molar-refractivity contribution in [2.24, 2.45) is 0 Å². The van der Waals surface area contributed by atoms with Gasteiger partial charge in [-0.25, -0.2) is 17.7 Å². The van der Waals surface area contributed by atoms with Gasteiger partial charge in [-0.2, -0.15) is 4.98 Å². The van der Waals surface area contributed by atoms with Crippen LogP contribution in [0.15, 0.2) is 52.7 Å². The summed E-state index contributed by atoms with van der Waals surface area (Å²) in [6.07, 6.45) is 0.529. The Labute approximate surface area is 174 Å². The molecule has 0 fully saturated rings. The van der Waals surface area contributed by atoms with Gasteiger partial charge in [-0.15, -0.1) is 16.4 Å². The molecule has 0 saturated heterocycles. The van der Waals surface area contributed by atoms with Gasteiger partial charge in [0.05, 0.1) is 10.6 Å². The molecule has 4 rings (SSSR count). The Morgan fingerprint density at radius 2 is 1.76 bits per heavy atom. The fourth-order valence-corrected chi connectivity index (χ4v) is 5.92. The van der Waals surface area contributed by atoms with Crippen molar-refractivity contribution in [2.75, 3.05) is 6.54 Å². The predicted octanol–water partition coefficient (Wildman–Crippen LogP) is 3.90. The second kappa shape index (κ2) is 7.70. The Hall–Kier alpha value is -2.55. The van der Waals surface area contributed by atoms with E-state index in [9.17, 15) is 8.42 Å². The highest BCUT2D eigenvalue weighted by Gasteiger charge is 2.20. The molecule has 2 heterocycles. The number of hydrogen-bond donors (Lipinski definition) is 1. The van der Waals surface area contributed by atoms with Crippen LogP contribution in [0, 0.1) is 20.8 Å². The number of nitrogens with one attached hydrogen (secondary N) is 1. The molecule has 0 unspecified atom stereocenters. The highest BCUT2D eigenvalue weighted by atomic mass is 32.2. The summed E-state index contributed by atoms with van der Waals surface area (Å²) in [5.74, 6) is 0.671. The fourth-order valence-electron chi connectivity index (χ4n) is 3.58. The molecule has 0 bridgehead atoms. The van der Waals surface area contributed by atoms with E-state index in [1.807, 2.05) is 68.6 Å². The van der Waals surface area contributed by atoms with Crippen LogP contribution in [0.25, 0.3) is 16.3 Å². The third-order valence-corrected chi connectivity index (χ3v) is 7.36. The average molecular weight is 427 g/mol. The number of aromatic nitrogens is 3. The molecular formula is C21H22N4O2S2. The van der Waals surface area contributed by atoms with E-state index in [2.05, 4.69) is 14.8 Å². The Bertz CT molecular complexity index is 1250. The number of rotatable bonds is 6. The molecule has 0 saturated carbocycles. The zero-order valence-corrected chi connectivity index (χ0v) is 18.1. The summed E-state index contributed by atoms with van der Waals surface area (Å²) in [5.41, 5.74) is 4.47. The van der Waals surface area contributed by atoms with Gasteiger partial charge in [-0.3, -0.25) is 0 Å². The highest BCUT2D eigenvalue weighted by molar-refractivity contribution is 7.89. The van der Waals surface area contributed by atoms with Crippen molar-refractivity contribution in [2.45, 2.75) is 32.1 Å². The monoisotopic (exact) mass is 426 g/mol. The van der Waals surface area contributed by atoms with E-state index in [-0.39, 0.29) is 0 Å². The number of fused-ring (bicyclic) bond motifs is 1. The number of hydrogen-bond acceptors (Lipinski definition) is 5. The molecule has 0 atom stereocenters. The van der Waals surface area contributed by atoms with E-state index < -0.39 is 10.0 Å². The van der Waals surface area contributed by atoms with E-state index >= 15 is 0 Å². The molecule has 2 aromatic heterocycles. The van der Waals surface area contributed by atoms with Gasteiger partial charge in [0, 0.05) is 23.9 Å². The average Bonchev–Trinajstić information content (AvgIpc) is 3.23. The van der Waals surface area contributed by atoms with E-state index in [0.717, 1.165) is 32.9 Å². The second-order valence-corrected chi connectivity index (χ2v) is 9.64. The van der Waals surface area contributed by atoms with Crippen molar-refractivity contribution in [1.82, 2.24) is 19.3 Å². The van der Waals surface area contributed by atoms with Crippen LogP contribution in [0.5, 0.6) is 0 Å². The van der Waals surface area contributed by atoms with Gasteiger partial charge in [-0.05, 0) is 31.9 Å². The zero-order chi connectivity index (χ0) is 20.6. The first-order valence-corrected chi connectivity index (χ1v) is 11.7. The molecular weight excluding hydrogens is 404 g/mol.